The van der Waals surface area contributed by atoms with Gasteiger partial charge in [0, 0.05) is 48.4 Å². The number of benzene rings is 3. The fraction of sp³-hybridized carbons (Fsp3) is 0.214. The van der Waals surface area contributed by atoms with Gasteiger partial charge in [-0.05, 0) is 42.0 Å². The molecule has 1 saturated heterocycles. The van der Waals surface area contributed by atoms with Gasteiger partial charge >= 0.3 is 0 Å². The Labute approximate surface area is 209 Å². The minimum absolute atomic E-state index is 0.0949. The lowest BCUT2D eigenvalue weighted by Gasteiger charge is -2.27. The highest BCUT2D eigenvalue weighted by Gasteiger charge is 2.19. The molecule has 6 nitrogen and oxygen atoms in total. The highest BCUT2D eigenvalue weighted by molar-refractivity contribution is 7.14. The molecule has 2 heterocycles. The summed E-state index contributed by atoms with van der Waals surface area (Å²) in [6, 6.07) is 26.2. The maximum absolute atomic E-state index is 12.8. The van der Waals surface area contributed by atoms with Crippen LogP contribution in [0.4, 0.5) is 10.8 Å². The van der Waals surface area contributed by atoms with E-state index in [2.05, 4.69) is 27.7 Å². The standard InChI is InChI=1S/C28H28N4O2S/c1-34-25-13-11-24(12-14-25)32(28-30-26(20-35-28)22-5-3-2-4-6-22)19-21-7-9-23(10-8-21)27(33)31-17-15-29-16-18-31/h2-14,20,29H,15-19H2,1H3. The molecule has 178 valence electrons. The van der Waals surface area contributed by atoms with Crippen LogP contribution in [0.25, 0.3) is 11.3 Å². The Kier molecular flexibility index (Phi) is 7.07. The number of aromatic nitrogens is 1. The minimum atomic E-state index is 0.0949. The number of hydrogen-bond acceptors (Lipinski definition) is 6. The quantitative estimate of drug-likeness (QED) is 0.391. The SMILES string of the molecule is COc1ccc(N(Cc2ccc(C(=O)N3CCNCC3)cc2)c2nc(-c3ccccc3)cs2)cc1. The summed E-state index contributed by atoms with van der Waals surface area (Å²) < 4.78 is 5.35. The second-order valence-corrected chi connectivity index (χ2v) is 9.24. The fourth-order valence-electron chi connectivity index (χ4n) is 4.15. The third kappa shape index (κ3) is 5.37. The summed E-state index contributed by atoms with van der Waals surface area (Å²) in [6.45, 7) is 3.83. The lowest BCUT2D eigenvalue weighted by molar-refractivity contribution is 0.0736. The zero-order valence-corrected chi connectivity index (χ0v) is 20.5. The summed E-state index contributed by atoms with van der Waals surface area (Å²) in [5.41, 5.74) is 4.92. The number of carbonyl (C=O) groups is 1. The number of hydrogen-bond donors (Lipinski definition) is 1. The van der Waals surface area contributed by atoms with Crippen molar-refractivity contribution in [3.05, 3.63) is 95.4 Å². The first-order valence-electron chi connectivity index (χ1n) is 11.7. The van der Waals surface area contributed by atoms with E-state index in [1.165, 1.54) is 0 Å². The molecule has 1 fully saturated rings. The molecule has 1 aliphatic rings. The molecule has 7 heteroatoms. The number of methoxy groups -OCH3 is 1. The number of nitrogens with one attached hydrogen (secondary N) is 1. The summed E-state index contributed by atoms with van der Waals surface area (Å²) in [6.07, 6.45) is 0. The van der Waals surface area contributed by atoms with Crippen LogP contribution in [0.3, 0.4) is 0 Å². The Morgan fingerprint density at radius 3 is 2.40 bits per heavy atom. The van der Waals surface area contributed by atoms with Gasteiger partial charge in [0.15, 0.2) is 5.13 Å². The second kappa shape index (κ2) is 10.7. The summed E-state index contributed by atoms with van der Waals surface area (Å²) in [5, 5.41) is 6.30. The largest absolute Gasteiger partial charge is 0.497 e. The summed E-state index contributed by atoms with van der Waals surface area (Å²) in [7, 11) is 1.67. The van der Waals surface area contributed by atoms with E-state index in [0.717, 1.165) is 65.1 Å². The van der Waals surface area contributed by atoms with E-state index < -0.39 is 0 Å². The topological polar surface area (TPSA) is 57.7 Å². The third-order valence-electron chi connectivity index (χ3n) is 6.12. The van der Waals surface area contributed by atoms with Crippen LogP contribution in [0.1, 0.15) is 15.9 Å². The lowest BCUT2D eigenvalue weighted by atomic mass is 10.1. The molecule has 1 aromatic heterocycles. The highest BCUT2D eigenvalue weighted by atomic mass is 32.1. The molecule has 1 N–H and O–H groups in total. The predicted molar refractivity (Wildman–Crippen MR) is 142 cm³/mol. The maximum Gasteiger partial charge on any atom is 0.253 e. The molecule has 0 atom stereocenters. The Bertz CT molecular complexity index is 1250. The summed E-state index contributed by atoms with van der Waals surface area (Å²) in [5.74, 6) is 0.908. The number of nitrogens with zero attached hydrogens (tertiary/aromatic N) is 3. The van der Waals surface area contributed by atoms with Crippen LogP contribution in [0.5, 0.6) is 5.75 Å². The van der Waals surface area contributed by atoms with Crippen LogP contribution in [-0.4, -0.2) is 49.1 Å². The Morgan fingerprint density at radius 1 is 1.00 bits per heavy atom. The van der Waals surface area contributed by atoms with E-state index in [-0.39, 0.29) is 5.91 Å². The average molecular weight is 485 g/mol. The van der Waals surface area contributed by atoms with Crippen molar-refractivity contribution in [2.45, 2.75) is 6.54 Å². The van der Waals surface area contributed by atoms with Gasteiger partial charge in [0.25, 0.3) is 5.91 Å². The number of anilines is 2. The van der Waals surface area contributed by atoms with Gasteiger partial charge < -0.3 is 19.9 Å². The number of ether oxygens (including phenoxy) is 1. The molecule has 0 saturated carbocycles. The summed E-state index contributed by atoms with van der Waals surface area (Å²) in [4.78, 5) is 21.9. The number of carbonyl (C=O) groups excluding carboxylic acids is 1. The molecule has 0 spiro atoms. The molecule has 5 rings (SSSR count). The first-order chi connectivity index (χ1) is 17.2. The molecule has 0 aliphatic carbocycles. The number of amides is 1. The first-order valence-corrected chi connectivity index (χ1v) is 12.6. The molecule has 4 aromatic rings. The van der Waals surface area contributed by atoms with E-state index in [4.69, 9.17) is 9.72 Å². The van der Waals surface area contributed by atoms with Crippen molar-refractivity contribution >= 4 is 28.1 Å². The van der Waals surface area contributed by atoms with Crippen molar-refractivity contribution in [2.24, 2.45) is 0 Å². The van der Waals surface area contributed by atoms with Gasteiger partial charge in [-0.3, -0.25) is 4.79 Å². The van der Waals surface area contributed by atoms with E-state index in [1.807, 2.05) is 71.6 Å². The predicted octanol–water partition coefficient (Wildman–Crippen LogP) is 5.20. The van der Waals surface area contributed by atoms with Crippen molar-refractivity contribution in [2.75, 3.05) is 38.2 Å². The molecule has 35 heavy (non-hydrogen) atoms. The van der Waals surface area contributed by atoms with Gasteiger partial charge in [0.1, 0.15) is 5.75 Å². The molecule has 0 bridgehead atoms. The first kappa shape index (κ1) is 23.1. The molecule has 0 radical (unpaired) electrons. The van der Waals surface area contributed by atoms with Crippen LogP contribution in [0.15, 0.2) is 84.2 Å². The minimum Gasteiger partial charge on any atom is -0.497 e. The maximum atomic E-state index is 12.8. The zero-order valence-electron chi connectivity index (χ0n) is 19.7. The van der Waals surface area contributed by atoms with Gasteiger partial charge in [0.05, 0.1) is 19.3 Å². The third-order valence-corrected chi connectivity index (χ3v) is 6.99. The smallest absolute Gasteiger partial charge is 0.253 e. The van der Waals surface area contributed by atoms with Crippen LogP contribution < -0.4 is 15.0 Å². The van der Waals surface area contributed by atoms with Crippen LogP contribution in [-0.2, 0) is 6.54 Å². The van der Waals surface area contributed by atoms with Gasteiger partial charge in [-0.15, -0.1) is 11.3 Å². The molecule has 3 aromatic carbocycles. The van der Waals surface area contributed by atoms with Crippen LogP contribution in [0.2, 0.25) is 0 Å². The number of thiazole rings is 1. The summed E-state index contributed by atoms with van der Waals surface area (Å²) >= 11 is 1.62. The van der Waals surface area contributed by atoms with Crippen molar-refractivity contribution in [3.8, 4) is 17.0 Å². The molecular formula is C28H28N4O2S. The lowest BCUT2D eigenvalue weighted by Crippen LogP contribution is -2.46. The van der Waals surface area contributed by atoms with Gasteiger partial charge in [-0.1, -0.05) is 42.5 Å². The van der Waals surface area contributed by atoms with E-state index in [0.29, 0.717) is 6.54 Å². The zero-order chi connectivity index (χ0) is 24.0. The van der Waals surface area contributed by atoms with E-state index in [9.17, 15) is 4.79 Å². The molecule has 0 unspecified atom stereocenters. The molecule has 1 aliphatic heterocycles. The Hall–Kier alpha value is -3.68. The highest BCUT2D eigenvalue weighted by Crippen LogP contribution is 2.34. The van der Waals surface area contributed by atoms with Gasteiger partial charge in [-0.25, -0.2) is 4.98 Å². The van der Waals surface area contributed by atoms with Crippen LogP contribution >= 0.6 is 11.3 Å². The van der Waals surface area contributed by atoms with Crippen LogP contribution in [0, 0.1) is 0 Å². The van der Waals surface area contributed by atoms with Gasteiger partial charge in [-0.2, -0.15) is 0 Å². The Morgan fingerprint density at radius 2 is 1.71 bits per heavy atom. The van der Waals surface area contributed by atoms with Crippen molar-refractivity contribution in [3.63, 3.8) is 0 Å². The monoisotopic (exact) mass is 484 g/mol. The normalized spacial score (nSPS) is 13.5. The van der Waals surface area contributed by atoms with Crippen molar-refractivity contribution in [1.29, 1.82) is 0 Å². The van der Waals surface area contributed by atoms with Gasteiger partial charge in [0.2, 0.25) is 0 Å². The van der Waals surface area contributed by atoms with E-state index in [1.54, 1.807) is 18.4 Å². The number of rotatable bonds is 7. The fourth-order valence-corrected chi connectivity index (χ4v) is 5.00. The van der Waals surface area contributed by atoms with Crippen molar-refractivity contribution < 1.29 is 9.53 Å². The average Bonchev–Trinajstić information content (AvgIpc) is 3.43. The number of piperazine rings is 1. The molecule has 1 amide bonds. The van der Waals surface area contributed by atoms with Crippen molar-refractivity contribution in [1.82, 2.24) is 15.2 Å². The molecular weight excluding hydrogens is 456 g/mol. The second-order valence-electron chi connectivity index (χ2n) is 8.40. The Balaban J connectivity index is 1.40. The van der Waals surface area contributed by atoms with E-state index >= 15 is 0 Å².